The zero-order valence-electron chi connectivity index (χ0n) is 12.0. The number of hydrogen-bond acceptors (Lipinski definition) is 3. The van der Waals surface area contributed by atoms with Gasteiger partial charge in [-0.1, -0.05) is 44.2 Å². The summed E-state index contributed by atoms with van der Waals surface area (Å²) in [6, 6.07) is 7.56. The predicted octanol–water partition coefficient (Wildman–Crippen LogP) is 3.84. The molecule has 4 heteroatoms. The number of nitro groups is 1. The SMILES string of the molecule is O=[N+]([O-])c1ccc(CCNC2CCCCCCC2)cc1. The van der Waals surface area contributed by atoms with Crippen molar-refractivity contribution in [2.75, 3.05) is 6.54 Å². The van der Waals surface area contributed by atoms with Crippen molar-refractivity contribution in [3.63, 3.8) is 0 Å². The van der Waals surface area contributed by atoms with E-state index in [1.807, 2.05) is 12.1 Å². The van der Waals surface area contributed by atoms with Crippen LogP contribution in [0, 0.1) is 10.1 Å². The van der Waals surface area contributed by atoms with E-state index >= 15 is 0 Å². The van der Waals surface area contributed by atoms with Gasteiger partial charge >= 0.3 is 0 Å². The lowest BCUT2D eigenvalue weighted by Gasteiger charge is -2.21. The standard InChI is InChI=1S/C16H24N2O2/c19-18(20)16-10-8-14(9-11-16)12-13-17-15-6-4-2-1-3-5-7-15/h8-11,15,17H,1-7,12-13H2. The molecular weight excluding hydrogens is 252 g/mol. The van der Waals surface area contributed by atoms with E-state index < -0.39 is 0 Å². The van der Waals surface area contributed by atoms with Crippen LogP contribution in [0.4, 0.5) is 5.69 Å². The van der Waals surface area contributed by atoms with Gasteiger partial charge < -0.3 is 5.32 Å². The fourth-order valence-corrected chi connectivity index (χ4v) is 2.87. The van der Waals surface area contributed by atoms with Crippen LogP contribution in [0.25, 0.3) is 0 Å². The Morgan fingerprint density at radius 3 is 2.25 bits per heavy atom. The minimum atomic E-state index is -0.351. The monoisotopic (exact) mass is 276 g/mol. The van der Waals surface area contributed by atoms with Crippen molar-refractivity contribution in [3.05, 3.63) is 39.9 Å². The Kier molecular flexibility index (Phi) is 5.99. The minimum Gasteiger partial charge on any atom is -0.314 e. The van der Waals surface area contributed by atoms with Crippen LogP contribution in [-0.4, -0.2) is 17.5 Å². The molecule has 0 amide bonds. The van der Waals surface area contributed by atoms with Crippen molar-refractivity contribution in [3.8, 4) is 0 Å². The number of hydrogen-bond donors (Lipinski definition) is 1. The van der Waals surface area contributed by atoms with Crippen LogP contribution >= 0.6 is 0 Å². The Labute approximate surface area is 120 Å². The molecule has 0 unspecified atom stereocenters. The smallest absolute Gasteiger partial charge is 0.269 e. The quantitative estimate of drug-likeness (QED) is 0.656. The average molecular weight is 276 g/mol. The Balaban J connectivity index is 1.72. The van der Waals surface area contributed by atoms with Gasteiger partial charge in [0, 0.05) is 18.2 Å². The Bertz CT molecular complexity index is 409. The molecule has 1 N–H and O–H groups in total. The first-order valence-electron chi connectivity index (χ1n) is 7.72. The van der Waals surface area contributed by atoms with E-state index in [4.69, 9.17) is 0 Å². The van der Waals surface area contributed by atoms with E-state index in [2.05, 4.69) is 5.32 Å². The highest BCUT2D eigenvalue weighted by atomic mass is 16.6. The predicted molar refractivity (Wildman–Crippen MR) is 80.9 cm³/mol. The molecule has 1 aromatic carbocycles. The average Bonchev–Trinajstić information content (AvgIpc) is 2.41. The minimum absolute atomic E-state index is 0.168. The second-order valence-corrected chi connectivity index (χ2v) is 5.67. The summed E-state index contributed by atoms with van der Waals surface area (Å²) in [5.41, 5.74) is 1.33. The maximum atomic E-state index is 10.6. The summed E-state index contributed by atoms with van der Waals surface area (Å²) in [4.78, 5) is 10.2. The van der Waals surface area contributed by atoms with E-state index in [9.17, 15) is 10.1 Å². The molecule has 0 radical (unpaired) electrons. The molecule has 0 aliphatic heterocycles. The summed E-state index contributed by atoms with van der Waals surface area (Å²) in [5.74, 6) is 0. The van der Waals surface area contributed by atoms with Gasteiger partial charge in [0.15, 0.2) is 0 Å². The highest BCUT2D eigenvalue weighted by Crippen LogP contribution is 2.17. The lowest BCUT2D eigenvalue weighted by atomic mass is 9.96. The normalized spacial score (nSPS) is 17.4. The molecular formula is C16H24N2O2. The number of benzene rings is 1. The van der Waals surface area contributed by atoms with Crippen LogP contribution < -0.4 is 5.32 Å². The largest absolute Gasteiger partial charge is 0.314 e. The third-order valence-corrected chi connectivity index (χ3v) is 4.10. The lowest BCUT2D eigenvalue weighted by Crippen LogP contribution is -2.31. The van der Waals surface area contributed by atoms with Gasteiger partial charge in [-0.15, -0.1) is 0 Å². The van der Waals surface area contributed by atoms with Gasteiger partial charge in [-0.05, 0) is 31.4 Å². The van der Waals surface area contributed by atoms with Gasteiger partial charge in [0.05, 0.1) is 4.92 Å². The lowest BCUT2D eigenvalue weighted by molar-refractivity contribution is -0.384. The molecule has 4 nitrogen and oxygen atoms in total. The van der Waals surface area contributed by atoms with Crippen LogP contribution in [0.3, 0.4) is 0 Å². The summed E-state index contributed by atoms with van der Waals surface area (Å²) in [7, 11) is 0. The molecule has 110 valence electrons. The van der Waals surface area contributed by atoms with Crippen LogP contribution in [0.2, 0.25) is 0 Å². The van der Waals surface area contributed by atoms with E-state index in [0.29, 0.717) is 6.04 Å². The second kappa shape index (κ2) is 8.00. The number of nitro benzene ring substituents is 1. The van der Waals surface area contributed by atoms with Gasteiger partial charge in [-0.2, -0.15) is 0 Å². The fourth-order valence-electron chi connectivity index (χ4n) is 2.87. The zero-order valence-corrected chi connectivity index (χ0v) is 12.0. The highest BCUT2D eigenvalue weighted by Gasteiger charge is 2.10. The van der Waals surface area contributed by atoms with Crippen molar-refractivity contribution in [1.82, 2.24) is 5.32 Å². The van der Waals surface area contributed by atoms with Gasteiger partial charge in [-0.3, -0.25) is 10.1 Å². The summed E-state index contributed by atoms with van der Waals surface area (Å²) >= 11 is 0. The second-order valence-electron chi connectivity index (χ2n) is 5.67. The molecule has 1 aromatic rings. The topological polar surface area (TPSA) is 55.2 Å². The van der Waals surface area contributed by atoms with Gasteiger partial charge in [-0.25, -0.2) is 0 Å². The third kappa shape index (κ3) is 4.93. The first-order valence-corrected chi connectivity index (χ1v) is 7.72. The Morgan fingerprint density at radius 1 is 1.05 bits per heavy atom. The molecule has 0 bridgehead atoms. The number of non-ortho nitro benzene ring substituents is 1. The van der Waals surface area contributed by atoms with Gasteiger partial charge in [0.1, 0.15) is 0 Å². The fraction of sp³-hybridized carbons (Fsp3) is 0.625. The summed E-state index contributed by atoms with van der Waals surface area (Å²) in [6.45, 7) is 0.961. The van der Waals surface area contributed by atoms with Crippen molar-refractivity contribution < 1.29 is 4.92 Å². The molecule has 1 saturated carbocycles. The first kappa shape index (κ1) is 15.0. The molecule has 1 aliphatic carbocycles. The number of nitrogens with zero attached hydrogens (tertiary/aromatic N) is 1. The Morgan fingerprint density at radius 2 is 1.65 bits per heavy atom. The third-order valence-electron chi connectivity index (χ3n) is 4.10. The van der Waals surface area contributed by atoms with Gasteiger partial charge in [0.2, 0.25) is 0 Å². The maximum absolute atomic E-state index is 10.6. The van der Waals surface area contributed by atoms with E-state index in [-0.39, 0.29) is 10.6 Å². The van der Waals surface area contributed by atoms with E-state index in [1.54, 1.807) is 12.1 Å². The number of rotatable bonds is 5. The number of nitrogens with one attached hydrogen (secondary N) is 1. The van der Waals surface area contributed by atoms with Crippen LogP contribution in [-0.2, 0) is 6.42 Å². The molecule has 0 spiro atoms. The van der Waals surface area contributed by atoms with E-state index in [1.165, 1.54) is 44.9 Å². The molecule has 1 fully saturated rings. The van der Waals surface area contributed by atoms with Gasteiger partial charge in [0.25, 0.3) is 5.69 Å². The van der Waals surface area contributed by atoms with Crippen molar-refractivity contribution >= 4 is 5.69 Å². The first-order chi connectivity index (χ1) is 9.75. The van der Waals surface area contributed by atoms with Crippen LogP contribution in [0.1, 0.15) is 50.5 Å². The summed E-state index contributed by atoms with van der Waals surface area (Å²) in [6.07, 6.45) is 10.4. The van der Waals surface area contributed by atoms with Crippen molar-refractivity contribution in [1.29, 1.82) is 0 Å². The van der Waals surface area contributed by atoms with Crippen LogP contribution in [0.5, 0.6) is 0 Å². The molecule has 0 heterocycles. The molecule has 0 aromatic heterocycles. The molecule has 2 rings (SSSR count). The summed E-state index contributed by atoms with van der Waals surface area (Å²) < 4.78 is 0. The highest BCUT2D eigenvalue weighted by molar-refractivity contribution is 5.32. The zero-order chi connectivity index (χ0) is 14.2. The van der Waals surface area contributed by atoms with E-state index in [0.717, 1.165) is 18.5 Å². The Hall–Kier alpha value is -1.42. The van der Waals surface area contributed by atoms with Crippen molar-refractivity contribution in [2.45, 2.75) is 57.4 Å². The molecule has 20 heavy (non-hydrogen) atoms. The molecule has 0 atom stereocenters. The van der Waals surface area contributed by atoms with Crippen LogP contribution in [0.15, 0.2) is 24.3 Å². The van der Waals surface area contributed by atoms with Crippen molar-refractivity contribution in [2.24, 2.45) is 0 Å². The summed E-state index contributed by atoms with van der Waals surface area (Å²) in [5, 5.41) is 14.2. The maximum Gasteiger partial charge on any atom is 0.269 e. The molecule has 1 aliphatic rings. The molecule has 0 saturated heterocycles.